The van der Waals surface area contributed by atoms with Crippen LogP contribution in [-0.4, -0.2) is 35.7 Å². The molecule has 0 saturated heterocycles. The number of ether oxygens (including phenoxy) is 1. The van der Waals surface area contributed by atoms with Crippen molar-refractivity contribution < 1.29 is 9.53 Å². The third-order valence-corrected chi connectivity index (χ3v) is 5.38. The Kier molecular flexibility index (Phi) is 4.77. The minimum atomic E-state index is -0.197. The van der Waals surface area contributed by atoms with Crippen LogP contribution < -0.4 is 10.9 Å². The second-order valence-electron chi connectivity index (χ2n) is 5.78. The van der Waals surface area contributed by atoms with Crippen LogP contribution in [0.3, 0.4) is 0 Å². The van der Waals surface area contributed by atoms with E-state index in [0.29, 0.717) is 19.0 Å². The molecule has 1 aliphatic carbocycles. The van der Waals surface area contributed by atoms with Gasteiger partial charge in [-0.05, 0) is 38.2 Å². The quantitative estimate of drug-likeness (QED) is 0.839. The standard InChI is InChI=1S/C16H21N3O3S/c1-10-18-15-14(11-5-3-4-6-12(11)23-15)16(21)19(10)9-13(20)17-7-8-22-2/h3-9H2,1-2H3,(H,17,20). The number of rotatable bonds is 5. The fraction of sp³-hybridized carbons (Fsp3) is 0.562. The van der Waals surface area contributed by atoms with Gasteiger partial charge in [0.15, 0.2) is 0 Å². The summed E-state index contributed by atoms with van der Waals surface area (Å²) in [5.41, 5.74) is 1.07. The van der Waals surface area contributed by atoms with Gasteiger partial charge in [-0.1, -0.05) is 0 Å². The van der Waals surface area contributed by atoms with Crippen molar-refractivity contribution in [2.45, 2.75) is 39.2 Å². The lowest BCUT2D eigenvalue weighted by Gasteiger charge is -2.12. The highest BCUT2D eigenvalue weighted by molar-refractivity contribution is 7.18. The third kappa shape index (κ3) is 3.16. The molecule has 1 amide bonds. The Labute approximate surface area is 138 Å². The highest BCUT2D eigenvalue weighted by atomic mass is 32.1. The molecule has 6 nitrogen and oxygen atoms in total. The summed E-state index contributed by atoms with van der Waals surface area (Å²) >= 11 is 1.63. The zero-order chi connectivity index (χ0) is 16.4. The third-order valence-electron chi connectivity index (χ3n) is 4.20. The number of nitrogens with one attached hydrogen (secondary N) is 1. The second kappa shape index (κ2) is 6.80. The number of thiophene rings is 1. The van der Waals surface area contributed by atoms with Crippen LogP contribution in [0.15, 0.2) is 4.79 Å². The van der Waals surface area contributed by atoms with Gasteiger partial charge >= 0.3 is 0 Å². The van der Waals surface area contributed by atoms with Gasteiger partial charge in [-0.25, -0.2) is 4.98 Å². The van der Waals surface area contributed by atoms with Gasteiger partial charge in [-0.15, -0.1) is 11.3 Å². The number of aromatic nitrogens is 2. The second-order valence-corrected chi connectivity index (χ2v) is 6.87. The average molecular weight is 335 g/mol. The topological polar surface area (TPSA) is 73.2 Å². The lowest BCUT2D eigenvalue weighted by atomic mass is 9.97. The highest BCUT2D eigenvalue weighted by Crippen LogP contribution is 2.33. The summed E-state index contributed by atoms with van der Waals surface area (Å²) in [6, 6.07) is 0. The molecule has 0 spiro atoms. The minimum absolute atomic E-state index is 0.00193. The summed E-state index contributed by atoms with van der Waals surface area (Å²) in [6.07, 6.45) is 4.26. The van der Waals surface area contributed by atoms with Crippen LogP contribution >= 0.6 is 11.3 Å². The van der Waals surface area contributed by atoms with Crippen LogP contribution in [0.4, 0.5) is 0 Å². The SMILES string of the molecule is COCCNC(=O)Cn1c(C)nc2sc3c(c2c1=O)CCCC3. The Balaban J connectivity index is 1.94. The first-order valence-electron chi connectivity index (χ1n) is 7.89. The van der Waals surface area contributed by atoms with Crippen molar-refractivity contribution >= 4 is 27.5 Å². The molecule has 2 aromatic heterocycles. The smallest absolute Gasteiger partial charge is 0.263 e. The normalized spacial score (nSPS) is 14.0. The van der Waals surface area contributed by atoms with Gasteiger partial charge < -0.3 is 10.1 Å². The van der Waals surface area contributed by atoms with Gasteiger partial charge in [0.1, 0.15) is 17.2 Å². The Morgan fingerprint density at radius 2 is 2.17 bits per heavy atom. The van der Waals surface area contributed by atoms with Crippen LogP contribution in [-0.2, 0) is 28.9 Å². The van der Waals surface area contributed by atoms with Gasteiger partial charge in [-0.2, -0.15) is 0 Å². The van der Waals surface area contributed by atoms with E-state index < -0.39 is 0 Å². The van der Waals surface area contributed by atoms with E-state index in [1.54, 1.807) is 25.4 Å². The van der Waals surface area contributed by atoms with E-state index >= 15 is 0 Å². The Morgan fingerprint density at radius 1 is 1.39 bits per heavy atom. The van der Waals surface area contributed by atoms with Crippen molar-refractivity contribution in [1.29, 1.82) is 0 Å². The molecule has 0 fully saturated rings. The number of nitrogens with zero attached hydrogens (tertiary/aromatic N) is 2. The van der Waals surface area contributed by atoms with Crippen LogP contribution in [0.5, 0.6) is 0 Å². The monoisotopic (exact) mass is 335 g/mol. The van der Waals surface area contributed by atoms with Crippen LogP contribution in [0, 0.1) is 6.92 Å². The number of amides is 1. The maximum absolute atomic E-state index is 12.9. The van der Waals surface area contributed by atoms with Gasteiger partial charge in [0.2, 0.25) is 5.91 Å². The van der Waals surface area contributed by atoms with Crippen LogP contribution in [0.2, 0.25) is 0 Å². The molecule has 3 rings (SSSR count). The first kappa shape index (κ1) is 16.1. The highest BCUT2D eigenvalue weighted by Gasteiger charge is 2.21. The van der Waals surface area contributed by atoms with E-state index in [4.69, 9.17) is 4.74 Å². The van der Waals surface area contributed by atoms with E-state index in [9.17, 15) is 9.59 Å². The number of fused-ring (bicyclic) bond motifs is 3. The van der Waals surface area contributed by atoms with Crippen molar-refractivity contribution in [3.63, 3.8) is 0 Å². The summed E-state index contributed by atoms with van der Waals surface area (Å²) in [4.78, 5) is 31.5. The Hall–Kier alpha value is -1.73. The minimum Gasteiger partial charge on any atom is -0.383 e. The Bertz CT molecular complexity index is 794. The number of carbonyl (C=O) groups excluding carboxylic acids is 1. The lowest BCUT2D eigenvalue weighted by Crippen LogP contribution is -2.35. The van der Waals surface area contributed by atoms with E-state index in [1.165, 1.54) is 15.9 Å². The Morgan fingerprint density at radius 3 is 2.96 bits per heavy atom. The molecule has 0 radical (unpaired) electrons. The molecule has 124 valence electrons. The zero-order valence-electron chi connectivity index (χ0n) is 13.5. The number of aryl methyl sites for hydroxylation is 3. The molecule has 1 aliphatic rings. The van der Waals surface area contributed by atoms with Gasteiger partial charge in [0.05, 0.1) is 12.0 Å². The van der Waals surface area contributed by atoms with E-state index in [0.717, 1.165) is 35.0 Å². The van der Waals surface area contributed by atoms with Gasteiger partial charge in [-0.3, -0.25) is 14.2 Å². The van der Waals surface area contributed by atoms with Crippen LogP contribution in [0.25, 0.3) is 10.2 Å². The van der Waals surface area contributed by atoms with Gasteiger partial charge in [0.25, 0.3) is 5.56 Å². The predicted molar refractivity (Wildman–Crippen MR) is 90.1 cm³/mol. The molecule has 0 unspecified atom stereocenters. The number of methoxy groups -OCH3 is 1. The summed E-state index contributed by atoms with van der Waals surface area (Å²) in [7, 11) is 1.58. The largest absolute Gasteiger partial charge is 0.383 e. The molecular formula is C16H21N3O3S. The number of hydrogen-bond donors (Lipinski definition) is 1. The van der Waals surface area contributed by atoms with Crippen molar-refractivity contribution in [3.8, 4) is 0 Å². The van der Waals surface area contributed by atoms with Crippen LogP contribution in [0.1, 0.15) is 29.1 Å². The summed E-state index contributed by atoms with van der Waals surface area (Å²) in [5.74, 6) is 0.389. The molecule has 7 heteroatoms. The van der Waals surface area contributed by atoms with E-state index in [-0.39, 0.29) is 18.0 Å². The van der Waals surface area contributed by atoms with E-state index in [2.05, 4.69) is 10.3 Å². The molecule has 23 heavy (non-hydrogen) atoms. The molecule has 0 atom stereocenters. The molecule has 0 aromatic carbocycles. The number of carbonyl (C=O) groups is 1. The fourth-order valence-corrected chi connectivity index (χ4v) is 4.32. The zero-order valence-corrected chi connectivity index (χ0v) is 14.3. The van der Waals surface area contributed by atoms with Gasteiger partial charge in [0, 0.05) is 18.5 Å². The molecule has 0 saturated carbocycles. The summed E-state index contributed by atoms with van der Waals surface area (Å²) in [5, 5.41) is 3.46. The average Bonchev–Trinajstić information content (AvgIpc) is 2.89. The maximum atomic E-state index is 12.9. The lowest BCUT2D eigenvalue weighted by molar-refractivity contribution is -0.121. The summed E-state index contributed by atoms with van der Waals surface area (Å²) in [6.45, 7) is 2.67. The maximum Gasteiger partial charge on any atom is 0.263 e. The van der Waals surface area contributed by atoms with E-state index in [1.807, 2.05) is 0 Å². The molecule has 2 aromatic rings. The molecular weight excluding hydrogens is 314 g/mol. The number of hydrogen-bond acceptors (Lipinski definition) is 5. The first-order chi connectivity index (χ1) is 11.1. The fourth-order valence-electron chi connectivity index (χ4n) is 3.02. The summed E-state index contributed by atoms with van der Waals surface area (Å²) < 4.78 is 6.38. The van der Waals surface area contributed by atoms with Crippen molar-refractivity contribution in [2.24, 2.45) is 0 Å². The van der Waals surface area contributed by atoms with Crippen molar-refractivity contribution in [2.75, 3.05) is 20.3 Å². The first-order valence-corrected chi connectivity index (χ1v) is 8.70. The molecule has 1 N–H and O–H groups in total. The molecule has 0 bridgehead atoms. The molecule has 2 heterocycles. The predicted octanol–water partition coefficient (Wildman–Crippen LogP) is 1.41. The van der Waals surface area contributed by atoms with Crippen molar-refractivity contribution in [1.82, 2.24) is 14.9 Å². The molecule has 0 aliphatic heterocycles. The van der Waals surface area contributed by atoms with Crippen molar-refractivity contribution in [3.05, 3.63) is 26.6 Å².